The van der Waals surface area contributed by atoms with Crippen molar-refractivity contribution in [2.24, 2.45) is 34.5 Å². The molecule has 4 heteroatoms. The summed E-state index contributed by atoms with van der Waals surface area (Å²) in [4.78, 5) is 24.9. The maximum absolute atomic E-state index is 13.0. The van der Waals surface area contributed by atoms with Gasteiger partial charge in [-0.05, 0) is 88.5 Å². The zero-order chi connectivity index (χ0) is 19.6. The summed E-state index contributed by atoms with van der Waals surface area (Å²) >= 11 is 0. The largest absolute Gasteiger partial charge is 0.351 e. The number of nitrogens with one attached hydrogen (secondary N) is 2. The Kier molecular flexibility index (Phi) is 4.29. The lowest BCUT2D eigenvalue weighted by molar-refractivity contribution is -0.135. The van der Waals surface area contributed by atoms with Gasteiger partial charge in [-0.3, -0.25) is 9.59 Å². The molecule has 2 amide bonds. The molecule has 3 unspecified atom stereocenters. The summed E-state index contributed by atoms with van der Waals surface area (Å²) in [6.07, 6.45) is 10.7. The number of carbonyl (C=O) groups excluding carboxylic acids is 2. The van der Waals surface area contributed by atoms with Gasteiger partial charge < -0.3 is 10.6 Å². The summed E-state index contributed by atoms with van der Waals surface area (Å²) in [5, 5.41) is 6.48. The maximum Gasteiger partial charge on any atom is 0.243 e. The van der Waals surface area contributed by atoms with E-state index in [9.17, 15) is 9.59 Å². The summed E-state index contributed by atoms with van der Waals surface area (Å²) in [7, 11) is 0. The summed E-state index contributed by atoms with van der Waals surface area (Å²) in [5.74, 6) is 2.41. The van der Waals surface area contributed by atoms with Crippen molar-refractivity contribution >= 4 is 11.8 Å². The number of fused-ring (bicyclic) bond motifs is 5. The van der Waals surface area contributed by atoms with Crippen molar-refractivity contribution in [3.05, 3.63) is 12.2 Å². The second-order valence-corrected chi connectivity index (χ2v) is 11.1. The monoisotopic (exact) mass is 372 g/mol. The van der Waals surface area contributed by atoms with Crippen molar-refractivity contribution in [2.45, 2.75) is 84.7 Å². The molecule has 3 fully saturated rings. The number of hydrogen-bond acceptors (Lipinski definition) is 2. The second kappa shape index (κ2) is 6.09. The normalized spacial score (nSPS) is 46.1. The molecular weight excluding hydrogens is 336 g/mol. The number of hydrogen-bond donors (Lipinski definition) is 2. The average Bonchev–Trinajstić information content (AvgIpc) is 2.91. The van der Waals surface area contributed by atoms with Crippen LogP contribution in [-0.2, 0) is 9.59 Å². The summed E-state index contributed by atoms with van der Waals surface area (Å²) in [6.45, 7) is 11.0. The van der Waals surface area contributed by atoms with Crippen LogP contribution in [-0.4, -0.2) is 23.4 Å². The van der Waals surface area contributed by atoms with Crippen LogP contribution < -0.4 is 10.6 Å². The second-order valence-electron chi connectivity index (χ2n) is 11.1. The van der Waals surface area contributed by atoms with Crippen molar-refractivity contribution in [1.82, 2.24) is 10.6 Å². The van der Waals surface area contributed by atoms with Crippen LogP contribution in [0.15, 0.2) is 12.2 Å². The van der Waals surface area contributed by atoms with Gasteiger partial charge in [0, 0.05) is 22.9 Å². The van der Waals surface area contributed by atoms with Gasteiger partial charge in [-0.1, -0.05) is 19.9 Å². The van der Waals surface area contributed by atoms with Crippen molar-refractivity contribution in [3.63, 3.8) is 0 Å². The molecule has 4 aliphatic rings. The number of rotatable bonds is 1. The Bertz CT molecular complexity index is 678. The summed E-state index contributed by atoms with van der Waals surface area (Å²) in [5.41, 5.74) is 0.0323. The van der Waals surface area contributed by atoms with E-state index in [-0.39, 0.29) is 40.1 Å². The van der Waals surface area contributed by atoms with Gasteiger partial charge in [-0.2, -0.15) is 0 Å². The fourth-order valence-corrected chi connectivity index (χ4v) is 7.22. The van der Waals surface area contributed by atoms with Crippen LogP contribution in [0.5, 0.6) is 0 Å². The van der Waals surface area contributed by atoms with Crippen LogP contribution in [0.1, 0.15) is 73.1 Å². The molecule has 7 atom stereocenters. The minimum Gasteiger partial charge on any atom is -0.351 e. The molecule has 4 rings (SSSR count). The first kappa shape index (κ1) is 19.0. The molecule has 1 heterocycles. The fraction of sp³-hybridized carbons (Fsp3) is 0.826. The summed E-state index contributed by atoms with van der Waals surface area (Å²) in [6, 6.07) is 0.280. The van der Waals surface area contributed by atoms with E-state index in [0.29, 0.717) is 17.8 Å². The molecule has 0 spiro atoms. The Morgan fingerprint density at radius 1 is 1.11 bits per heavy atom. The zero-order valence-corrected chi connectivity index (χ0v) is 17.6. The van der Waals surface area contributed by atoms with E-state index in [0.717, 1.165) is 19.3 Å². The smallest absolute Gasteiger partial charge is 0.243 e. The quantitative estimate of drug-likeness (QED) is 0.735. The van der Waals surface area contributed by atoms with Gasteiger partial charge in [-0.15, -0.1) is 0 Å². The molecule has 1 aliphatic heterocycles. The molecule has 3 aliphatic carbocycles. The SMILES string of the molecule is CC(C)(C)NC(=O)[C@H]1CCC2C3CC[C@H]4NC(=O)C=C[C@]4(C)C3CC[C@@]21C. The van der Waals surface area contributed by atoms with E-state index in [1.807, 2.05) is 0 Å². The zero-order valence-electron chi connectivity index (χ0n) is 17.6. The lowest BCUT2D eigenvalue weighted by Crippen LogP contribution is -2.59. The van der Waals surface area contributed by atoms with Gasteiger partial charge >= 0.3 is 0 Å². The van der Waals surface area contributed by atoms with Crippen molar-refractivity contribution < 1.29 is 9.59 Å². The third-order valence-electron chi connectivity index (χ3n) is 8.50. The van der Waals surface area contributed by atoms with Crippen molar-refractivity contribution in [2.75, 3.05) is 0 Å². The minimum atomic E-state index is -0.167. The van der Waals surface area contributed by atoms with E-state index < -0.39 is 0 Å². The molecule has 3 saturated carbocycles. The molecule has 0 radical (unpaired) electrons. The van der Waals surface area contributed by atoms with Gasteiger partial charge in [0.2, 0.25) is 11.8 Å². The molecule has 27 heavy (non-hydrogen) atoms. The Balaban J connectivity index is 1.58. The molecule has 0 aromatic heterocycles. The van der Waals surface area contributed by atoms with Crippen LogP contribution in [0.4, 0.5) is 0 Å². The lowest BCUT2D eigenvalue weighted by atomic mass is 9.48. The fourth-order valence-electron chi connectivity index (χ4n) is 7.22. The topological polar surface area (TPSA) is 58.2 Å². The van der Waals surface area contributed by atoms with E-state index in [1.54, 1.807) is 6.08 Å². The molecule has 0 saturated heterocycles. The molecule has 0 aromatic carbocycles. The van der Waals surface area contributed by atoms with Gasteiger partial charge in [0.05, 0.1) is 0 Å². The summed E-state index contributed by atoms with van der Waals surface area (Å²) < 4.78 is 0. The Morgan fingerprint density at radius 2 is 1.85 bits per heavy atom. The van der Waals surface area contributed by atoms with E-state index in [4.69, 9.17) is 0 Å². The van der Waals surface area contributed by atoms with E-state index >= 15 is 0 Å². The van der Waals surface area contributed by atoms with Gasteiger partial charge in [0.1, 0.15) is 0 Å². The molecule has 0 aromatic rings. The van der Waals surface area contributed by atoms with Crippen LogP contribution >= 0.6 is 0 Å². The van der Waals surface area contributed by atoms with Crippen LogP contribution in [0.3, 0.4) is 0 Å². The highest BCUT2D eigenvalue weighted by molar-refractivity contribution is 5.89. The minimum absolute atomic E-state index is 0.0661. The molecule has 150 valence electrons. The Morgan fingerprint density at radius 3 is 2.56 bits per heavy atom. The molecule has 4 nitrogen and oxygen atoms in total. The highest BCUT2D eigenvalue weighted by Crippen LogP contribution is 2.65. The standard InChI is InChI=1S/C23H36N2O2/c1-21(2,3)25-20(27)17-8-7-15-14-6-9-18-23(5,13-11-19(26)24-18)16(14)10-12-22(15,17)4/h11,13-18H,6-10,12H2,1-5H3,(H,24,26)(H,25,27)/t14?,15?,16?,17-,18-,22+,23-/m1/s1. The van der Waals surface area contributed by atoms with Crippen LogP contribution in [0.2, 0.25) is 0 Å². The lowest BCUT2D eigenvalue weighted by Gasteiger charge is -2.58. The van der Waals surface area contributed by atoms with E-state index in [2.05, 4.69) is 51.3 Å². The Labute approximate surface area is 163 Å². The molecular formula is C23H36N2O2. The molecule has 0 bridgehead atoms. The first-order chi connectivity index (χ1) is 12.5. The highest BCUT2D eigenvalue weighted by atomic mass is 16.2. The van der Waals surface area contributed by atoms with Crippen molar-refractivity contribution in [3.8, 4) is 0 Å². The highest BCUT2D eigenvalue weighted by Gasteiger charge is 2.60. The number of amides is 2. The predicted molar refractivity (Wildman–Crippen MR) is 107 cm³/mol. The first-order valence-corrected chi connectivity index (χ1v) is 10.9. The average molecular weight is 373 g/mol. The maximum atomic E-state index is 13.0. The Hall–Kier alpha value is -1.32. The third kappa shape index (κ3) is 2.94. The van der Waals surface area contributed by atoms with Gasteiger partial charge in [0.15, 0.2) is 0 Å². The van der Waals surface area contributed by atoms with Gasteiger partial charge in [-0.25, -0.2) is 0 Å². The van der Waals surface area contributed by atoms with Crippen LogP contribution in [0.25, 0.3) is 0 Å². The van der Waals surface area contributed by atoms with Crippen molar-refractivity contribution in [1.29, 1.82) is 0 Å². The predicted octanol–water partition coefficient (Wildman–Crippen LogP) is 3.81. The van der Waals surface area contributed by atoms with E-state index in [1.165, 1.54) is 19.3 Å². The number of carbonyl (C=O) groups is 2. The molecule has 2 N–H and O–H groups in total. The van der Waals surface area contributed by atoms with Crippen LogP contribution in [0, 0.1) is 34.5 Å². The first-order valence-electron chi connectivity index (χ1n) is 10.9. The van der Waals surface area contributed by atoms with Gasteiger partial charge in [0.25, 0.3) is 0 Å². The third-order valence-corrected chi connectivity index (χ3v) is 8.50.